The zero-order valence-corrected chi connectivity index (χ0v) is 20.9. The van der Waals surface area contributed by atoms with Gasteiger partial charge in [-0.25, -0.2) is 4.79 Å². The molecule has 3 aromatic rings. The van der Waals surface area contributed by atoms with Crippen LogP contribution in [0.25, 0.3) is 11.1 Å². The van der Waals surface area contributed by atoms with Gasteiger partial charge in [-0.05, 0) is 78.8 Å². The van der Waals surface area contributed by atoms with E-state index in [2.05, 4.69) is 10.6 Å². The Hall–Kier alpha value is -4.14. The number of hydrogen-bond acceptors (Lipinski definition) is 3. The number of amides is 2. The zero-order valence-electron chi connectivity index (χ0n) is 20.9. The van der Waals surface area contributed by atoms with Crippen LogP contribution in [0.4, 0.5) is 29.3 Å². The first kappa shape index (κ1) is 26.9. The molecule has 1 aliphatic carbocycles. The van der Waals surface area contributed by atoms with Gasteiger partial charge in [0.25, 0.3) is 0 Å². The molecule has 1 aliphatic rings. The predicted molar refractivity (Wildman–Crippen MR) is 138 cm³/mol. The molecule has 4 rings (SSSR count). The number of rotatable bonds is 6. The van der Waals surface area contributed by atoms with Crippen LogP contribution in [-0.2, 0) is 11.2 Å². The number of anilines is 2. The summed E-state index contributed by atoms with van der Waals surface area (Å²) < 4.78 is 39.7. The molecule has 2 amide bonds. The summed E-state index contributed by atoms with van der Waals surface area (Å²) in [6.45, 7) is 3.89. The Balaban J connectivity index is 1.49. The first-order chi connectivity index (χ1) is 17.8. The number of carboxylic acids is 1. The van der Waals surface area contributed by atoms with Gasteiger partial charge in [0.05, 0.1) is 18.3 Å². The number of benzene rings is 3. The van der Waals surface area contributed by atoms with E-state index in [0.29, 0.717) is 16.9 Å². The summed E-state index contributed by atoms with van der Waals surface area (Å²) >= 11 is 0. The highest BCUT2D eigenvalue weighted by molar-refractivity contribution is 6.05. The average Bonchev–Trinajstić information content (AvgIpc) is 2.80. The van der Waals surface area contributed by atoms with E-state index in [4.69, 9.17) is 0 Å². The third kappa shape index (κ3) is 6.22. The summed E-state index contributed by atoms with van der Waals surface area (Å²) in [5.41, 5.74) is 3.58. The fourth-order valence-electron chi connectivity index (χ4n) is 5.13. The van der Waals surface area contributed by atoms with Crippen molar-refractivity contribution in [1.82, 2.24) is 0 Å². The van der Waals surface area contributed by atoms with Crippen molar-refractivity contribution in [1.29, 1.82) is 0 Å². The quantitative estimate of drug-likeness (QED) is 0.319. The first-order valence-corrected chi connectivity index (χ1v) is 12.1. The third-order valence-electron chi connectivity index (χ3n) is 6.69. The fourth-order valence-corrected chi connectivity index (χ4v) is 5.13. The van der Waals surface area contributed by atoms with Crippen LogP contribution in [0.15, 0.2) is 60.7 Å². The summed E-state index contributed by atoms with van der Waals surface area (Å²) in [4.78, 5) is 36.8. The number of ketones is 1. The maximum atomic E-state index is 13.2. The Morgan fingerprint density at radius 2 is 1.50 bits per heavy atom. The van der Waals surface area contributed by atoms with Gasteiger partial charge in [-0.2, -0.15) is 13.2 Å². The lowest BCUT2D eigenvalue weighted by Crippen LogP contribution is -2.41. The number of alkyl halides is 3. The van der Waals surface area contributed by atoms with Crippen LogP contribution in [0.5, 0.6) is 0 Å². The number of urea groups is 1. The van der Waals surface area contributed by atoms with Gasteiger partial charge in [-0.15, -0.1) is 0 Å². The largest absolute Gasteiger partial charge is 0.481 e. The molecule has 0 fully saturated rings. The van der Waals surface area contributed by atoms with Gasteiger partial charge in [0.15, 0.2) is 5.78 Å². The molecular formula is C29H27F3N2O4. The molecule has 0 saturated heterocycles. The first-order valence-electron chi connectivity index (χ1n) is 12.1. The normalized spacial score (nSPS) is 17.0. The molecule has 0 radical (unpaired) electrons. The van der Waals surface area contributed by atoms with Crippen LogP contribution in [0.1, 0.15) is 46.3 Å². The lowest BCUT2D eigenvalue weighted by Gasteiger charge is -2.36. The molecule has 0 spiro atoms. The van der Waals surface area contributed by atoms with Gasteiger partial charge in [-0.3, -0.25) is 9.59 Å². The van der Waals surface area contributed by atoms with Gasteiger partial charge in [0, 0.05) is 16.9 Å². The Labute approximate surface area is 217 Å². The van der Waals surface area contributed by atoms with Crippen LogP contribution < -0.4 is 10.6 Å². The van der Waals surface area contributed by atoms with Crippen molar-refractivity contribution >= 4 is 29.2 Å². The van der Waals surface area contributed by atoms with Crippen molar-refractivity contribution in [3.63, 3.8) is 0 Å². The number of aryl methyl sites for hydroxylation is 3. The molecule has 3 aromatic carbocycles. The second kappa shape index (κ2) is 10.3. The van der Waals surface area contributed by atoms with Crippen LogP contribution in [0.2, 0.25) is 0 Å². The number of halogens is 3. The van der Waals surface area contributed by atoms with Gasteiger partial charge in [0.2, 0.25) is 0 Å². The summed E-state index contributed by atoms with van der Waals surface area (Å²) in [6.07, 6.45) is -7.01. The molecule has 3 N–H and O–H groups in total. The maximum absolute atomic E-state index is 13.2. The van der Waals surface area contributed by atoms with Gasteiger partial charge >= 0.3 is 18.2 Å². The van der Waals surface area contributed by atoms with E-state index < -0.39 is 42.2 Å². The monoisotopic (exact) mass is 524 g/mol. The molecule has 0 aliphatic heterocycles. The van der Waals surface area contributed by atoms with Crippen molar-refractivity contribution in [2.24, 2.45) is 5.41 Å². The highest BCUT2D eigenvalue weighted by Gasteiger charge is 2.50. The van der Waals surface area contributed by atoms with Crippen molar-refractivity contribution in [3.05, 3.63) is 82.9 Å². The molecule has 0 heterocycles. The topological polar surface area (TPSA) is 95.5 Å². The average molecular weight is 525 g/mol. The molecular weight excluding hydrogens is 497 g/mol. The Kier molecular flexibility index (Phi) is 7.31. The second-order valence-corrected chi connectivity index (χ2v) is 9.88. The molecule has 1 atom stereocenters. The number of carboxylic acid groups (broad SMARTS) is 1. The fraction of sp³-hybridized carbons (Fsp3) is 0.276. The summed E-state index contributed by atoms with van der Waals surface area (Å²) in [6, 6.07) is 17.2. The smallest absolute Gasteiger partial charge is 0.390 e. The van der Waals surface area contributed by atoms with Gasteiger partial charge in [-0.1, -0.05) is 36.4 Å². The van der Waals surface area contributed by atoms with E-state index >= 15 is 0 Å². The standard InChI is InChI=1S/C29H27F3N2O4/c1-17-11-18(2)13-23(12-17)34-27(38)33-22-6-3-19(4-7-22)20-5-8-24-21(14-20)9-10-28(26(24)37,15-25(35)36)16-29(30,31)32/h3-8,11-14H,9-10,15-16H2,1-2H3,(H,35,36)(H2,33,34,38). The SMILES string of the molecule is Cc1cc(C)cc(NC(=O)Nc2ccc(-c3ccc4c(c3)CCC(CC(=O)O)(CC(F)(F)F)C4=O)cc2)c1. The lowest BCUT2D eigenvalue weighted by atomic mass is 9.66. The lowest BCUT2D eigenvalue weighted by molar-refractivity contribution is -0.160. The molecule has 9 heteroatoms. The minimum absolute atomic E-state index is 0.131. The van der Waals surface area contributed by atoms with E-state index in [9.17, 15) is 32.7 Å². The zero-order chi connectivity index (χ0) is 27.7. The molecule has 6 nitrogen and oxygen atoms in total. The summed E-state index contributed by atoms with van der Waals surface area (Å²) in [5.74, 6) is -2.21. The molecule has 0 aromatic heterocycles. The summed E-state index contributed by atoms with van der Waals surface area (Å²) in [5, 5.41) is 14.8. The Morgan fingerprint density at radius 1 is 0.895 bits per heavy atom. The second-order valence-electron chi connectivity index (χ2n) is 9.88. The van der Waals surface area contributed by atoms with Crippen molar-refractivity contribution in [2.45, 2.75) is 45.7 Å². The minimum Gasteiger partial charge on any atom is -0.481 e. The van der Waals surface area contributed by atoms with Crippen LogP contribution >= 0.6 is 0 Å². The molecule has 0 saturated carbocycles. The van der Waals surface area contributed by atoms with Gasteiger partial charge < -0.3 is 15.7 Å². The van der Waals surface area contributed by atoms with E-state index in [-0.39, 0.29) is 18.4 Å². The number of nitrogens with one attached hydrogen (secondary N) is 2. The molecule has 198 valence electrons. The number of Topliss-reactive ketones (excluding diaryl/α,β-unsaturated/α-hetero) is 1. The van der Waals surface area contributed by atoms with Crippen molar-refractivity contribution < 1.29 is 32.7 Å². The third-order valence-corrected chi connectivity index (χ3v) is 6.69. The number of hydrogen-bond donors (Lipinski definition) is 3. The van der Waals surface area contributed by atoms with Crippen molar-refractivity contribution in [3.8, 4) is 11.1 Å². The molecule has 1 unspecified atom stereocenters. The number of carbonyl (C=O) groups excluding carboxylic acids is 2. The van der Waals surface area contributed by atoms with Crippen LogP contribution in [-0.4, -0.2) is 29.1 Å². The Bertz CT molecular complexity index is 1380. The van der Waals surface area contributed by atoms with Crippen LogP contribution in [0.3, 0.4) is 0 Å². The predicted octanol–water partition coefficient (Wildman–Crippen LogP) is 7.16. The molecule has 0 bridgehead atoms. The minimum atomic E-state index is -4.66. The maximum Gasteiger partial charge on any atom is 0.390 e. The van der Waals surface area contributed by atoms with E-state index in [1.165, 1.54) is 6.07 Å². The number of carbonyl (C=O) groups is 3. The van der Waals surface area contributed by atoms with E-state index in [1.807, 2.05) is 32.0 Å². The van der Waals surface area contributed by atoms with Crippen molar-refractivity contribution in [2.75, 3.05) is 10.6 Å². The number of aliphatic carboxylic acids is 1. The summed E-state index contributed by atoms with van der Waals surface area (Å²) in [7, 11) is 0. The highest BCUT2D eigenvalue weighted by atomic mass is 19.4. The van der Waals surface area contributed by atoms with E-state index in [0.717, 1.165) is 22.3 Å². The number of fused-ring (bicyclic) bond motifs is 1. The molecule has 38 heavy (non-hydrogen) atoms. The van der Waals surface area contributed by atoms with E-state index in [1.54, 1.807) is 36.4 Å². The van der Waals surface area contributed by atoms with Gasteiger partial charge in [0.1, 0.15) is 0 Å². The Morgan fingerprint density at radius 3 is 2.11 bits per heavy atom. The highest BCUT2D eigenvalue weighted by Crippen LogP contribution is 2.46. The van der Waals surface area contributed by atoms with Crippen LogP contribution in [0, 0.1) is 19.3 Å².